The predicted molar refractivity (Wildman–Crippen MR) is 102 cm³/mol. The number of carbonyl (C=O) groups is 1. The number of amides is 1. The largest absolute Gasteiger partial charge is 0.396 e. The van der Waals surface area contributed by atoms with Gasteiger partial charge in [0.1, 0.15) is 10.6 Å². The molecular weight excluding hydrogens is 362 g/mol. The lowest BCUT2D eigenvalue weighted by molar-refractivity contribution is -0.133. The summed E-state index contributed by atoms with van der Waals surface area (Å²) in [6, 6.07) is 10.0. The number of aliphatic hydroxyl groups excluding tert-OH is 1. The summed E-state index contributed by atoms with van der Waals surface area (Å²) < 4.78 is 6.27. The lowest BCUT2D eigenvalue weighted by Gasteiger charge is -2.33. The van der Waals surface area contributed by atoms with Gasteiger partial charge in [-0.25, -0.2) is 4.98 Å². The van der Waals surface area contributed by atoms with Crippen LogP contribution in [0.2, 0.25) is 0 Å². The van der Waals surface area contributed by atoms with Crippen molar-refractivity contribution >= 4 is 17.2 Å². The predicted octanol–water partition coefficient (Wildman–Crippen LogP) is 1.16. The van der Waals surface area contributed by atoms with Crippen molar-refractivity contribution in [1.29, 1.82) is 0 Å². The summed E-state index contributed by atoms with van der Waals surface area (Å²) in [5, 5.41) is 16.1. The normalized spacial score (nSPS) is 31.9. The van der Waals surface area contributed by atoms with Crippen LogP contribution in [-0.4, -0.2) is 65.4 Å². The molecule has 3 saturated heterocycles. The van der Waals surface area contributed by atoms with Crippen LogP contribution in [0, 0.1) is 11.8 Å². The molecule has 3 aliphatic heterocycles. The van der Waals surface area contributed by atoms with Gasteiger partial charge in [-0.2, -0.15) is 0 Å². The van der Waals surface area contributed by atoms with Gasteiger partial charge >= 0.3 is 0 Å². The molecule has 0 saturated carbocycles. The molecule has 4 atom stereocenters. The maximum Gasteiger partial charge on any atom is 0.228 e. The zero-order valence-corrected chi connectivity index (χ0v) is 15.8. The molecule has 3 fully saturated rings. The number of nitrogens with zero attached hydrogens (tertiary/aromatic N) is 2. The van der Waals surface area contributed by atoms with Gasteiger partial charge in [0, 0.05) is 49.0 Å². The summed E-state index contributed by atoms with van der Waals surface area (Å²) in [5.41, 5.74) is 1.57. The molecule has 2 N–H and O–H groups in total. The number of likely N-dealkylation sites (tertiary alicyclic amines) is 1. The highest BCUT2D eigenvalue weighted by Gasteiger charge is 2.61. The van der Waals surface area contributed by atoms with E-state index in [1.165, 1.54) is 0 Å². The van der Waals surface area contributed by atoms with Crippen LogP contribution in [0.3, 0.4) is 0 Å². The van der Waals surface area contributed by atoms with E-state index in [1.807, 2.05) is 40.6 Å². The standard InChI is InChI=1S/C20H23N3O3S/c24-9-15-16-8-23(12-20(16)11-21-7-17(15)26-20)18(25)6-14-10-27-19(22-14)13-4-2-1-3-5-13/h1-5,10,15-17,21,24H,6-9,11-12H2/t15-,16+,17+,20+/m0/s1. The first-order valence-electron chi connectivity index (χ1n) is 9.45. The molecule has 3 aliphatic rings. The van der Waals surface area contributed by atoms with Gasteiger partial charge in [-0.05, 0) is 0 Å². The average molecular weight is 385 g/mol. The molecule has 27 heavy (non-hydrogen) atoms. The zero-order valence-electron chi connectivity index (χ0n) is 15.0. The second-order valence-corrected chi connectivity index (χ2v) is 8.62. The van der Waals surface area contributed by atoms with Crippen LogP contribution in [-0.2, 0) is 16.0 Å². The smallest absolute Gasteiger partial charge is 0.228 e. The van der Waals surface area contributed by atoms with Crippen molar-refractivity contribution in [2.45, 2.75) is 18.1 Å². The quantitative estimate of drug-likeness (QED) is 0.826. The Morgan fingerprint density at radius 2 is 2.26 bits per heavy atom. The van der Waals surface area contributed by atoms with Crippen LogP contribution < -0.4 is 5.32 Å². The third-order valence-electron chi connectivity index (χ3n) is 6.17. The molecule has 2 aromatic rings. The molecule has 1 amide bonds. The van der Waals surface area contributed by atoms with Crippen LogP contribution in [0.25, 0.3) is 10.6 Å². The molecular formula is C20H23N3O3S. The van der Waals surface area contributed by atoms with Gasteiger partial charge in [-0.3, -0.25) is 4.79 Å². The summed E-state index contributed by atoms with van der Waals surface area (Å²) in [4.78, 5) is 19.4. The fourth-order valence-corrected chi connectivity index (χ4v) is 5.68. The highest BCUT2D eigenvalue weighted by Crippen LogP contribution is 2.47. The van der Waals surface area contributed by atoms with E-state index in [0.717, 1.165) is 29.4 Å². The number of thiazole rings is 1. The van der Waals surface area contributed by atoms with Crippen LogP contribution >= 0.6 is 11.3 Å². The number of aliphatic hydroxyl groups is 1. The van der Waals surface area contributed by atoms with E-state index in [9.17, 15) is 9.90 Å². The molecule has 6 nitrogen and oxygen atoms in total. The average Bonchev–Trinajstić information content (AvgIpc) is 3.33. The first-order valence-corrected chi connectivity index (χ1v) is 10.3. The summed E-state index contributed by atoms with van der Waals surface area (Å²) >= 11 is 1.57. The van der Waals surface area contributed by atoms with Gasteiger partial charge < -0.3 is 20.1 Å². The molecule has 1 aromatic heterocycles. The molecule has 142 valence electrons. The zero-order chi connectivity index (χ0) is 18.4. The third kappa shape index (κ3) is 2.89. The first kappa shape index (κ1) is 17.3. The minimum absolute atomic E-state index is 0.0676. The Labute approximate surface area is 162 Å². The molecule has 7 heteroatoms. The van der Waals surface area contributed by atoms with Crippen LogP contribution in [0.15, 0.2) is 35.7 Å². The number of morpholine rings is 1. The third-order valence-corrected chi connectivity index (χ3v) is 7.11. The van der Waals surface area contributed by atoms with Crippen molar-refractivity contribution < 1.29 is 14.6 Å². The molecule has 1 spiro atoms. The number of nitrogens with one attached hydrogen (secondary N) is 1. The topological polar surface area (TPSA) is 74.7 Å². The van der Waals surface area contributed by atoms with Crippen LogP contribution in [0.5, 0.6) is 0 Å². The van der Waals surface area contributed by atoms with Crippen molar-refractivity contribution in [1.82, 2.24) is 15.2 Å². The number of carbonyl (C=O) groups excluding carboxylic acids is 1. The van der Waals surface area contributed by atoms with E-state index in [4.69, 9.17) is 4.74 Å². The second-order valence-electron chi connectivity index (χ2n) is 7.77. The number of hydrogen-bond donors (Lipinski definition) is 2. The van der Waals surface area contributed by atoms with E-state index in [1.54, 1.807) is 11.3 Å². The highest BCUT2D eigenvalue weighted by atomic mass is 32.1. The summed E-state index contributed by atoms with van der Waals surface area (Å²) in [6.07, 6.45) is 0.380. The van der Waals surface area contributed by atoms with E-state index < -0.39 is 0 Å². The van der Waals surface area contributed by atoms with Crippen molar-refractivity contribution in [3.63, 3.8) is 0 Å². The number of hydrogen-bond acceptors (Lipinski definition) is 6. The van der Waals surface area contributed by atoms with Gasteiger partial charge in [-0.1, -0.05) is 30.3 Å². The molecule has 5 rings (SSSR count). The number of aromatic nitrogens is 1. The molecule has 0 unspecified atom stereocenters. The Bertz CT molecular complexity index is 842. The van der Waals surface area contributed by atoms with Crippen molar-refractivity contribution in [2.24, 2.45) is 11.8 Å². The number of ether oxygens (including phenoxy) is 1. The summed E-state index contributed by atoms with van der Waals surface area (Å²) in [5.74, 6) is 0.412. The lowest BCUT2D eigenvalue weighted by atomic mass is 9.83. The maximum atomic E-state index is 12.9. The Morgan fingerprint density at radius 3 is 3.07 bits per heavy atom. The van der Waals surface area contributed by atoms with E-state index in [-0.39, 0.29) is 36.1 Å². The Kier molecular flexibility index (Phi) is 4.27. The monoisotopic (exact) mass is 385 g/mol. The first-order chi connectivity index (χ1) is 13.2. The minimum atomic E-state index is -0.330. The lowest BCUT2D eigenvalue weighted by Crippen LogP contribution is -2.52. The van der Waals surface area contributed by atoms with Crippen LogP contribution in [0.4, 0.5) is 0 Å². The van der Waals surface area contributed by atoms with Crippen molar-refractivity contribution in [2.75, 3.05) is 32.8 Å². The minimum Gasteiger partial charge on any atom is -0.396 e. The number of benzene rings is 1. The Balaban J connectivity index is 1.28. The van der Waals surface area contributed by atoms with Crippen LogP contribution in [0.1, 0.15) is 5.69 Å². The van der Waals surface area contributed by atoms with Gasteiger partial charge in [0.15, 0.2) is 0 Å². The highest BCUT2D eigenvalue weighted by molar-refractivity contribution is 7.13. The summed E-state index contributed by atoms with van der Waals surface area (Å²) in [7, 11) is 0. The number of fused-ring (bicyclic) bond motifs is 1. The van der Waals surface area contributed by atoms with E-state index >= 15 is 0 Å². The molecule has 0 radical (unpaired) electrons. The van der Waals surface area contributed by atoms with Crippen molar-refractivity contribution in [3.05, 3.63) is 41.4 Å². The molecule has 4 heterocycles. The number of rotatable bonds is 4. The fourth-order valence-electron chi connectivity index (χ4n) is 4.86. The molecule has 0 aliphatic carbocycles. The molecule has 2 bridgehead atoms. The van der Waals surface area contributed by atoms with Crippen molar-refractivity contribution in [3.8, 4) is 10.6 Å². The SMILES string of the molecule is O=C(Cc1csc(-c2ccccc2)n1)N1C[C@@H]2[C@H](CO)[C@H]3CNC[C@]2(C1)O3. The fraction of sp³-hybridized carbons (Fsp3) is 0.500. The Morgan fingerprint density at radius 1 is 1.41 bits per heavy atom. The van der Waals surface area contributed by atoms with E-state index in [0.29, 0.717) is 19.5 Å². The van der Waals surface area contributed by atoms with Gasteiger partial charge in [0.05, 0.1) is 24.8 Å². The van der Waals surface area contributed by atoms with Gasteiger partial charge in [-0.15, -0.1) is 11.3 Å². The Hall–Kier alpha value is -1.80. The molecule has 1 aromatic carbocycles. The van der Waals surface area contributed by atoms with Gasteiger partial charge in [0.25, 0.3) is 0 Å². The second kappa shape index (κ2) is 6.67. The summed E-state index contributed by atoms with van der Waals surface area (Å²) in [6.45, 7) is 2.93. The van der Waals surface area contributed by atoms with Gasteiger partial charge in [0.2, 0.25) is 5.91 Å². The van der Waals surface area contributed by atoms with E-state index in [2.05, 4.69) is 10.3 Å². The maximum absolute atomic E-state index is 12.9.